The van der Waals surface area contributed by atoms with Gasteiger partial charge in [0, 0.05) is 18.9 Å². The van der Waals surface area contributed by atoms with Crippen molar-refractivity contribution in [3.05, 3.63) is 36.0 Å². The molecular weight excluding hydrogens is 299 g/mol. The van der Waals surface area contributed by atoms with Gasteiger partial charge in [-0.2, -0.15) is 13.2 Å². The average molecular weight is 313 g/mol. The molecule has 0 unspecified atom stereocenters. The SMILES string of the molecule is CCCCNC(=O)c1cnc(-c2cnccc2C(F)(F)F)o1. The Balaban J connectivity index is 2.24. The second-order valence-corrected chi connectivity index (χ2v) is 4.56. The summed E-state index contributed by atoms with van der Waals surface area (Å²) in [6, 6.07) is 0.834. The van der Waals surface area contributed by atoms with Crippen LogP contribution in [0.1, 0.15) is 35.9 Å². The lowest BCUT2D eigenvalue weighted by molar-refractivity contribution is -0.137. The van der Waals surface area contributed by atoms with Gasteiger partial charge >= 0.3 is 6.18 Å². The van der Waals surface area contributed by atoms with Crippen molar-refractivity contribution in [1.82, 2.24) is 15.3 Å². The molecule has 0 aromatic carbocycles. The lowest BCUT2D eigenvalue weighted by atomic mass is 10.1. The molecule has 5 nitrogen and oxygen atoms in total. The molecule has 22 heavy (non-hydrogen) atoms. The van der Waals surface area contributed by atoms with E-state index in [0.29, 0.717) is 6.54 Å². The molecule has 0 fully saturated rings. The van der Waals surface area contributed by atoms with E-state index in [2.05, 4.69) is 15.3 Å². The largest absolute Gasteiger partial charge is 0.431 e. The summed E-state index contributed by atoms with van der Waals surface area (Å²) in [5.74, 6) is -0.936. The number of alkyl halides is 3. The van der Waals surface area contributed by atoms with Crippen LogP contribution in [0.15, 0.2) is 29.1 Å². The van der Waals surface area contributed by atoms with Crippen molar-refractivity contribution >= 4 is 5.91 Å². The van der Waals surface area contributed by atoms with Crippen LogP contribution in [-0.4, -0.2) is 22.4 Å². The van der Waals surface area contributed by atoms with Gasteiger partial charge in [-0.25, -0.2) is 4.98 Å². The molecule has 1 N–H and O–H groups in total. The van der Waals surface area contributed by atoms with Gasteiger partial charge in [-0.3, -0.25) is 9.78 Å². The number of unbranched alkanes of at least 4 members (excludes halogenated alkanes) is 1. The Kier molecular flexibility index (Phi) is 4.79. The Hall–Kier alpha value is -2.38. The van der Waals surface area contributed by atoms with E-state index in [1.54, 1.807) is 0 Å². The highest BCUT2D eigenvalue weighted by atomic mass is 19.4. The van der Waals surface area contributed by atoms with Crippen LogP contribution in [0.25, 0.3) is 11.5 Å². The molecule has 2 rings (SSSR count). The second-order valence-electron chi connectivity index (χ2n) is 4.56. The molecular formula is C14H14F3N3O2. The van der Waals surface area contributed by atoms with Crippen LogP contribution in [0.2, 0.25) is 0 Å². The Bertz CT molecular complexity index is 653. The van der Waals surface area contributed by atoms with Crippen LogP contribution in [0.4, 0.5) is 13.2 Å². The molecule has 0 aliphatic heterocycles. The minimum atomic E-state index is -4.56. The quantitative estimate of drug-likeness (QED) is 0.860. The molecule has 1 amide bonds. The molecule has 118 valence electrons. The third kappa shape index (κ3) is 3.63. The van der Waals surface area contributed by atoms with Gasteiger partial charge in [0.25, 0.3) is 5.91 Å². The van der Waals surface area contributed by atoms with Gasteiger partial charge in [0.15, 0.2) is 0 Å². The van der Waals surface area contributed by atoms with E-state index in [4.69, 9.17) is 4.42 Å². The molecule has 0 aliphatic rings. The smallest absolute Gasteiger partial charge is 0.417 e. The topological polar surface area (TPSA) is 68.0 Å². The van der Waals surface area contributed by atoms with Crippen molar-refractivity contribution in [1.29, 1.82) is 0 Å². The molecule has 0 aliphatic carbocycles. The number of hydrogen-bond acceptors (Lipinski definition) is 4. The molecule has 8 heteroatoms. The molecule has 2 aromatic rings. The highest BCUT2D eigenvalue weighted by molar-refractivity contribution is 5.91. The maximum absolute atomic E-state index is 12.9. The maximum atomic E-state index is 12.9. The highest BCUT2D eigenvalue weighted by Gasteiger charge is 2.35. The monoisotopic (exact) mass is 313 g/mol. The first-order valence-electron chi connectivity index (χ1n) is 6.69. The number of oxazole rings is 1. The molecule has 0 radical (unpaired) electrons. The van der Waals surface area contributed by atoms with Crippen molar-refractivity contribution in [2.24, 2.45) is 0 Å². The van der Waals surface area contributed by atoms with Crippen LogP contribution in [0.5, 0.6) is 0 Å². The van der Waals surface area contributed by atoms with Gasteiger partial charge < -0.3 is 9.73 Å². The Morgan fingerprint density at radius 2 is 2.14 bits per heavy atom. The fourth-order valence-electron chi connectivity index (χ4n) is 1.78. The highest BCUT2D eigenvalue weighted by Crippen LogP contribution is 2.36. The van der Waals surface area contributed by atoms with Gasteiger partial charge in [-0.1, -0.05) is 13.3 Å². The molecule has 0 saturated heterocycles. The summed E-state index contributed by atoms with van der Waals surface area (Å²) in [5, 5.41) is 2.60. The Morgan fingerprint density at radius 1 is 1.36 bits per heavy atom. The van der Waals surface area contributed by atoms with Crippen molar-refractivity contribution in [3.8, 4) is 11.5 Å². The lowest BCUT2D eigenvalue weighted by Gasteiger charge is -2.09. The number of aromatic nitrogens is 2. The molecule has 0 spiro atoms. The summed E-state index contributed by atoms with van der Waals surface area (Å²) in [7, 11) is 0. The molecule has 2 heterocycles. The zero-order chi connectivity index (χ0) is 16.2. The van der Waals surface area contributed by atoms with Gasteiger partial charge in [0.2, 0.25) is 11.7 Å². The number of pyridine rings is 1. The summed E-state index contributed by atoms with van der Waals surface area (Å²) in [6.07, 6.45) is 0.293. The van der Waals surface area contributed by atoms with Crippen molar-refractivity contribution < 1.29 is 22.4 Å². The zero-order valence-electron chi connectivity index (χ0n) is 11.8. The van der Waals surface area contributed by atoms with Crippen molar-refractivity contribution in [2.75, 3.05) is 6.54 Å². The number of amides is 1. The van der Waals surface area contributed by atoms with Crippen molar-refractivity contribution in [3.63, 3.8) is 0 Å². The standard InChI is InChI=1S/C14H14F3N3O2/c1-2-3-5-19-12(21)11-8-20-13(22-11)9-7-18-6-4-10(9)14(15,16)17/h4,6-8H,2-3,5H2,1H3,(H,19,21). The van der Waals surface area contributed by atoms with E-state index in [-0.39, 0.29) is 17.2 Å². The predicted molar refractivity (Wildman–Crippen MR) is 72.0 cm³/mol. The van der Waals surface area contributed by atoms with Crippen molar-refractivity contribution in [2.45, 2.75) is 25.9 Å². The lowest BCUT2D eigenvalue weighted by Crippen LogP contribution is -2.23. The second kappa shape index (κ2) is 6.59. The number of nitrogens with zero attached hydrogens (tertiary/aromatic N) is 2. The first-order valence-corrected chi connectivity index (χ1v) is 6.69. The molecule has 0 bridgehead atoms. The van der Waals surface area contributed by atoms with E-state index in [0.717, 1.165) is 37.5 Å². The minimum Gasteiger partial charge on any atom is -0.431 e. The van der Waals surface area contributed by atoms with Gasteiger partial charge in [-0.05, 0) is 12.5 Å². The third-order valence-electron chi connectivity index (χ3n) is 2.90. The first kappa shape index (κ1) is 16.0. The van der Waals surface area contributed by atoms with Crippen LogP contribution in [0, 0.1) is 0 Å². The van der Waals surface area contributed by atoms with E-state index in [1.807, 2.05) is 6.92 Å². The Labute approximate surface area is 124 Å². The first-order chi connectivity index (χ1) is 10.4. The fraction of sp³-hybridized carbons (Fsp3) is 0.357. The van der Waals surface area contributed by atoms with Gasteiger partial charge in [0.1, 0.15) is 0 Å². The third-order valence-corrected chi connectivity index (χ3v) is 2.90. The van der Waals surface area contributed by atoms with Crippen LogP contribution in [-0.2, 0) is 6.18 Å². The average Bonchev–Trinajstić information content (AvgIpc) is 2.96. The number of rotatable bonds is 5. The van der Waals surface area contributed by atoms with E-state index in [1.165, 1.54) is 0 Å². The van der Waals surface area contributed by atoms with Crippen LogP contribution >= 0.6 is 0 Å². The van der Waals surface area contributed by atoms with E-state index >= 15 is 0 Å². The molecule has 0 saturated carbocycles. The number of halogens is 3. The predicted octanol–water partition coefficient (Wildman–Crippen LogP) is 3.29. The normalized spacial score (nSPS) is 11.5. The number of hydrogen-bond donors (Lipinski definition) is 1. The number of carbonyl (C=O) groups excluding carboxylic acids is 1. The summed E-state index contributed by atoms with van der Waals surface area (Å²) < 4.78 is 43.9. The molecule has 0 atom stereocenters. The fourth-order valence-corrected chi connectivity index (χ4v) is 1.78. The number of carbonyl (C=O) groups is 1. The Morgan fingerprint density at radius 3 is 2.82 bits per heavy atom. The van der Waals surface area contributed by atoms with Gasteiger partial charge in [0.05, 0.1) is 17.3 Å². The summed E-state index contributed by atoms with van der Waals surface area (Å²) in [4.78, 5) is 19.2. The summed E-state index contributed by atoms with van der Waals surface area (Å²) in [5.41, 5.74) is -1.22. The van der Waals surface area contributed by atoms with E-state index in [9.17, 15) is 18.0 Å². The zero-order valence-corrected chi connectivity index (χ0v) is 11.8. The van der Waals surface area contributed by atoms with Crippen LogP contribution < -0.4 is 5.32 Å². The summed E-state index contributed by atoms with van der Waals surface area (Å²) >= 11 is 0. The van der Waals surface area contributed by atoms with Gasteiger partial charge in [-0.15, -0.1) is 0 Å². The molecule has 2 aromatic heterocycles. The maximum Gasteiger partial charge on any atom is 0.417 e. The minimum absolute atomic E-state index is 0.136. The van der Waals surface area contributed by atoms with Crippen LogP contribution in [0.3, 0.4) is 0 Å². The number of nitrogens with one attached hydrogen (secondary N) is 1. The van der Waals surface area contributed by atoms with E-state index < -0.39 is 17.6 Å². The summed E-state index contributed by atoms with van der Waals surface area (Å²) in [6.45, 7) is 2.44.